The first kappa shape index (κ1) is 12.6. The van der Waals surface area contributed by atoms with Gasteiger partial charge in [0.1, 0.15) is 0 Å². The van der Waals surface area contributed by atoms with E-state index >= 15 is 0 Å². The average Bonchev–Trinajstić information content (AvgIpc) is 2.80. The molecule has 1 saturated heterocycles. The second kappa shape index (κ2) is 5.19. The zero-order chi connectivity index (χ0) is 12.4. The molecule has 0 bridgehead atoms. The first-order valence-corrected chi connectivity index (χ1v) is 6.55. The van der Waals surface area contributed by atoms with Crippen molar-refractivity contribution in [2.75, 3.05) is 13.6 Å². The van der Waals surface area contributed by atoms with E-state index in [4.69, 9.17) is 0 Å². The van der Waals surface area contributed by atoms with Crippen LogP contribution in [-0.2, 0) is 20.0 Å². The summed E-state index contributed by atoms with van der Waals surface area (Å²) in [5.74, 6) is 0. The normalized spacial score (nSPS) is 25.6. The van der Waals surface area contributed by atoms with Gasteiger partial charge in [-0.3, -0.25) is 4.68 Å². The minimum Gasteiger partial charge on any atom is -0.308 e. The molecule has 0 saturated carbocycles. The topological polar surface area (TPSA) is 33.1 Å². The Morgan fingerprint density at radius 1 is 1.47 bits per heavy atom. The first-order valence-electron chi connectivity index (χ1n) is 6.55. The minimum absolute atomic E-state index is 0.625. The Kier molecular flexibility index (Phi) is 3.84. The van der Waals surface area contributed by atoms with E-state index in [1.807, 2.05) is 11.7 Å². The number of aromatic nitrogens is 2. The predicted molar refractivity (Wildman–Crippen MR) is 69.9 cm³/mol. The van der Waals surface area contributed by atoms with Gasteiger partial charge in [0.25, 0.3) is 0 Å². The van der Waals surface area contributed by atoms with E-state index in [2.05, 4.69) is 42.4 Å². The van der Waals surface area contributed by atoms with Gasteiger partial charge in [-0.15, -0.1) is 0 Å². The maximum atomic E-state index is 4.47. The van der Waals surface area contributed by atoms with Gasteiger partial charge in [-0.2, -0.15) is 5.10 Å². The molecule has 0 aliphatic carbocycles. The lowest BCUT2D eigenvalue weighted by Crippen LogP contribution is -2.31. The first-order chi connectivity index (χ1) is 8.10. The second-order valence-corrected chi connectivity index (χ2v) is 5.23. The third kappa shape index (κ3) is 2.87. The van der Waals surface area contributed by atoms with Crippen LogP contribution in [0.25, 0.3) is 0 Å². The van der Waals surface area contributed by atoms with Gasteiger partial charge in [-0.05, 0) is 26.8 Å². The van der Waals surface area contributed by atoms with Gasteiger partial charge < -0.3 is 10.2 Å². The molecule has 17 heavy (non-hydrogen) atoms. The van der Waals surface area contributed by atoms with E-state index in [0.29, 0.717) is 12.1 Å². The van der Waals surface area contributed by atoms with Crippen molar-refractivity contribution in [1.82, 2.24) is 20.0 Å². The van der Waals surface area contributed by atoms with E-state index in [1.54, 1.807) is 0 Å². The Hall–Kier alpha value is -0.870. The van der Waals surface area contributed by atoms with Crippen LogP contribution in [0.2, 0.25) is 0 Å². The molecule has 0 aromatic carbocycles. The highest BCUT2D eigenvalue weighted by atomic mass is 15.3. The molecular weight excluding hydrogens is 212 g/mol. The molecule has 4 heteroatoms. The van der Waals surface area contributed by atoms with Gasteiger partial charge in [0.2, 0.25) is 0 Å². The third-order valence-corrected chi connectivity index (χ3v) is 3.79. The Morgan fingerprint density at radius 3 is 2.82 bits per heavy atom. The molecule has 96 valence electrons. The van der Waals surface area contributed by atoms with Crippen LogP contribution in [0.15, 0.2) is 6.20 Å². The fraction of sp³-hybridized carbons (Fsp3) is 0.769. The number of hydrogen-bond donors (Lipinski definition) is 1. The maximum Gasteiger partial charge on any atom is 0.0666 e. The lowest BCUT2D eigenvalue weighted by Gasteiger charge is -2.13. The lowest BCUT2D eigenvalue weighted by atomic mass is 10.1. The summed E-state index contributed by atoms with van der Waals surface area (Å²) in [4.78, 5) is 2.42. The van der Waals surface area contributed by atoms with Crippen molar-refractivity contribution in [3.8, 4) is 0 Å². The van der Waals surface area contributed by atoms with E-state index in [-0.39, 0.29) is 0 Å². The van der Waals surface area contributed by atoms with Crippen molar-refractivity contribution < 1.29 is 0 Å². The molecule has 1 aromatic heterocycles. The van der Waals surface area contributed by atoms with Crippen LogP contribution in [-0.4, -0.2) is 40.4 Å². The molecule has 0 spiro atoms. The molecule has 1 aromatic rings. The van der Waals surface area contributed by atoms with Gasteiger partial charge in [-0.25, -0.2) is 0 Å². The molecule has 0 amide bonds. The van der Waals surface area contributed by atoms with E-state index < -0.39 is 0 Å². The smallest absolute Gasteiger partial charge is 0.0666 e. The molecule has 1 N–H and O–H groups in total. The van der Waals surface area contributed by atoms with E-state index in [9.17, 15) is 0 Å². The highest BCUT2D eigenvalue weighted by Gasteiger charge is 2.25. The van der Waals surface area contributed by atoms with Crippen LogP contribution in [0.3, 0.4) is 0 Å². The van der Waals surface area contributed by atoms with Crippen molar-refractivity contribution in [2.24, 2.45) is 7.05 Å². The number of rotatable bonds is 4. The number of aryl methyl sites for hydroxylation is 2. The van der Waals surface area contributed by atoms with Crippen molar-refractivity contribution in [1.29, 1.82) is 0 Å². The van der Waals surface area contributed by atoms with Gasteiger partial charge >= 0.3 is 0 Å². The summed E-state index contributed by atoms with van der Waals surface area (Å²) in [6, 6.07) is 1.33. The largest absolute Gasteiger partial charge is 0.308 e. The van der Waals surface area contributed by atoms with Crippen LogP contribution in [0.1, 0.15) is 31.5 Å². The Bertz CT molecular complexity index is 361. The Labute approximate surface area is 104 Å². The summed E-state index contributed by atoms with van der Waals surface area (Å²) in [5.41, 5.74) is 2.57. The number of likely N-dealkylation sites (N-methyl/N-ethyl adjacent to an activating group) is 1. The summed E-state index contributed by atoms with van der Waals surface area (Å²) in [6.45, 7) is 6.56. The van der Waals surface area contributed by atoms with Gasteiger partial charge in [-0.1, -0.05) is 6.92 Å². The van der Waals surface area contributed by atoms with Gasteiger partial charge in [0.05, 0.1) is 5.69 Å². The van der Waals surface area contributed by atoms with E-state index in [0.717, 1.165) is 19.5 Å². The number of nitrogens with one attached hydrogen (secondary N) is 1. The van der Waals surface area contributed by atoms with Crippen molar-refractivity contribution >= 4 is 0 Å². The average molecular weight is 236 g/mol. The van der Waals surface area contributed by atoms with Crippen molar-refractivity contribution in [2.45, 2.75) is 45.3 Å². The molecule has 2 rings (SSSR count). The van der Waals surface area contributed by atoms with Gasteiger partial charge in [0, 0.05) is 44.0 Å². The molecule has 2 atom stereocenters. The van der Waals surface area contributed by atoms with E-state index in [1.165, 1.54) is 17.7 Å². The monoisotopic (exact) mass is 236 g/mol. The second-order valence-electron chi connectivity index (χ2n) is 5.23. The fourth-order valence-electron chi connectivity index (χ4n) is 2.62. The number of nitrogens with zero attached hydrogens (tertiary/aromatic N) is 3. The standard InChI is InChI=1S/C13H24N4/c1-5-13-11(8-17(4)15-13)7-14-12-6-10(2)16(3)9-12/h8,10,12,14H,5-7,9H2,1-4H3. The minimum atomic E-state index is 0.625. The lowest BCUT2D eigenvalue weighted by molar-refractivity contribution is 0.326. The summed E-state index contributed by atoms with van der Waals surface area (Å²) in [6.07, 6.45) is 4.39. The molecule has 0 radical (unpaired) electrons. The molecule has 4 nitrogen and oxygen atoms in total. The number of likely N-dealkylation sites (tertiary alicyclic amines) is 1. The van der Waals surface area contributed by atoms with Crippen LogP contribution in [0, 0.1) is 0 Å². The van der Waals surface area contributed by atoms with Crippen LogP contribution < -0.4 is 5.32 Å². The number of hydrogen-bond acceptors (Lipinski definition) is 3. The molecular formula is C13H24N4. The third-order valence-electron chi connectivity index (χ3n) is 3.79. The molecule has 1 fully saturated rings. The maximum absolute atomic E-state index is 4.47. The SMILES string of the molecule is CCc1nn(C)cc1CNC1CC(C)N(C)C1. The summed E-state index contributed by atoms with van der Waals surface area (Å²) >= 11 is 0. The van der Waals surface area contributed by atoms with Crippen molar-refractivity contribution in [3.05, 3.63) is 17.5 Å². The summed E-state index contributed by atoms with van der Waals surface area (Å²) < 4.78 is 1.92. The Morgan fingerprint density at radius 2 is 2.24 bits per heavy atom. The highest BCUT2D eigenvalue weighted by molar-refractivity contribution is 5.16. The van der Waals surface area contributed by atoms with Crippen LogP contribution in [0.5, 0.6) is 0 Å². The van der Waals surface area contributed by atoms with Gasteiger partial charge in [0.15, 0.2) is 0 Å². The quantitative estimate of drug-likeness (QED) is 0.852. The zero-order valence-corrected chi connectivity index (χ0v) is 11.4. The van der Waals surface area contributed by atoms with Crippen molar-refractivity contribution in [3.63, 3.8) is 0 Å². The summed E-state index contributed by atoms with van der Waals surface area (Å²) in [5, 5.41) is 8.12. The predicted octanol–water partition coefficient (Wildman–Crippen LogP) is 1.16. The Balaban J connectivity index is 1.89. The summed E-state index contributed by atoms with van der Waals surface area (Å²) in [7, 11) is 4.20. The fourth-order valence-corrected chi connectivity index (χ4v) is 2.62. The zero-order valence-electron chi connectivity index (χ0n) is 11.4. The highest BCUT2D eigenvalue weighted by Crippen LogP contribution is 2.16. The molecule has 2 heterocycles. The molecule has 1 aliphatic rings. The molecule has 2 unspecified atom stereocenters. The molecule has 1 aliphatic heterocycles. The van der Waals surface area contributed by atoms with Crippen LogP contribution >= 0.6 is 0 Å². The van der Waals surface area contributed by atoms with Crippen LogP contribution in [0.4, 0.5) is 0 Å².